The first-order valence-corrected chi connectivity index (χ1v) is 7.58. The molecule has 0 spiro atoms. The lowest BCUT2D eigenvalue weighted by atomic mass is 9.74. The van der Waals surface area contributed by atoms with Gasteiger partial charge in [-0.15, -0.1) is 0 Å². The van der Waals surface area contributed by atoms with Gasteiger partial charge in [0.2, 0.25) is 0 Å². The molecule has 0 aromatic heterocycles. The predicted molar refractivity (Wildman–Crippen MR) is 73.8 cm³/mol. The van der Waals surface area contributed by atoms with Gasteiger partial charge in [-0.3, -0.25) is 0 Å². The molecule has 1 aliphatic carbocycles. The molecule has 0 aromatic rings. The Hall–Kier alpha value is -0.120. The van der Waals surface area contributed by atoms with Crippen LogP contribution < -0.4 is 5.32 Å². The second-order valence-electron chi connectivity index (χ2n) is 6.15. The minimum Gasteiger partial charge on any atom is -0.383 e. The fourth-order valence-corrected chi connectivity index (χ4v) is 3.69. The molecule has 2 unspecified atom stereocenters. The van der Waals surface area contributed by atoms with Gasteiger partial charge in [-0.25, -0.2) is 0 Å². The third-order valence-corrected chi connectivity index (χ3v) is 4.96. The molecule has 106 valence electrons. The summed E-state index contributed by atoms with van der Waals surface area (Å²) in [6.07, 6.45) is 8.74. The third kappa shape index (κ3) is 3.46. The lowest BCUT2D eigenvalue weighted by Gasteiger charge is -2.35. The van der Waals surface area contributed by atoms with E-state index < -0.39 is 0 Å². The Morgan fingerprint density at radius 3 is 2.72 bits per heavy atom. The Labute approximate surface area is 112 Å². The molecule has 18 heavy (non-hydrogen) atoms. The van der Waals surface area contributed by atoms with E-state index in [1.807, 2.05) is 0 Å². The molecular weight excluding hydrogens is 226 g/mol. The minimum atomic E-state index is 0.378. The summed E-state index contributed by atoms with van der Waals surface area (Å²) in [5.74, 6) is 0.943. The number of methoxy groups -OCH3 is 1. The fourth-order valence-electron chi connectivity index (χ4n) is 3.69. The lowest BCUT2D eigenvalue weighted by molar-refractivity contribution is 0.0484. The number of hydrogen-bond donors (Lipinski definition) is 1. The van der Waals surface area contributed by atoms with Crippen LogP contribution in [-0.4, -0.2) is 39.5 Å². The zero-order chi connectivity index (χ0) is 12.8. The van der Waals surface area contributed by atoms with Crippen molar-refractivity contribution in [3.05, 3.63) is 0 Å². The lowest BCUT2D eigenvalue weighted by Crippen LogP contribution is -2.41. The first-order chi connectivity index (χ1) is 8.77. The number of nitrogens with one attached hydrogen (secondary N) is 1. The van der Waals surface area contributed by atoms with Crippen molar-refractivity contribution in [2.75, 3.05) is 33.4 Å². The quantitative estimate of drug-likeness (QED) is 0.709. The van der Waals surface area contributed by atoms with Gasteiger partial charge in [0.1, 0.15) is 0 Å². The highest BCUT2D eigenvalue weighted by molar-refractivity contribution is 4.93. The standard InChI is InChI=1S/C15H29NO2/c1-13-15(7-9-18-13,12-16-8-10-17-2)11-14-5-3-4-6-14/h13-14,16H,3-12H2,1-2H3. The monoisotopic (exact) mass is 255 g/mol. The molecule has 1 heterocycles. The van der Waals surface area contributed by atoms with E-state index in [2.05, 4.69) is 12.2 Å². The van der Waals surface area contributed by atoms with Gasteiger partial charge in [-0.05, 0) is 25.7 Å². The highest BCUT2D eigenvalue weighted by atomic mass is 16.5. The fraction of sp³-hybridized carbons (Fsp3) is 1.00. The molecule has 0 bridgehead atoms. The van der Waals surface area contributed by atoms with Crippen LogP contribution >= 0.6 is 0 Å². The second-order valence-corrected chi connectivity index (χ2v) is 6.15. The van der Waals surface area contributed by atoms with E-state index in [-0.39, 0.29) is 0 Å². The van der Waals surface area contributed by atoms with Gasteiger partial charge in [-0.1, -0.05) is 25.7 Å². The van der Waals surface area contributed by atoms with Crippen LogP contribution in [0.2, 0.25) is 0 Å². The smallest absolute Gasteiger partial charge is 0.0616 e. The average molecular weight is 255 g/mol. The summed E-state index contributed by atoms with van der Waals surface area (Å²) >= 11 is 0. The molecule has 1 saturated carbocycles. The highest BCUT2D eigenvalue weighted by Gasteiger charge is 2.42. The van der Waals surface area contributed by atoms with Crippen LogP contribution in [-0.2, 0) is 9.47 Å². The summed E-state index contributed by atoms with van der Waals surface area (Å²) in [6.45, 7) is 6.05. The zero-order valence-corrected chi connectivity index (χ0v) is 12.0. The van der Waals surface area contributed by atoms with Crippen molar-refractivity contribution in [1.82, 2.24) is 5.32 Å². The normalized spacial score (nSPS) is 33.3. The predicted octanol–water partition coefficient (Wildman–Crippen LogP) is 2.60. The topological polar surface area (TPSA) is 30.5 Å². The summed E-state index contributed by atoms with van der Waals surface area (Å²) in [5.41, 5.74) is 0.378. The zero-order valence-electron chi connectivity index (χ0n) is 12.0. The van der Waals surface area contributed by atoms with Gasteiger partial charge in [0.15, 0.2) is 0 Å². The van der Waals surface area contributed by atoms with E-state index in [0.29, 0.717) is 11.5 Å². The van der Waals surface area contributed by atoms with Gasteiger partial charge in [0.25, 0.3) is 0 Å². The summed E-state index contributed by atoms with van der Waals surface area (Å²) in [7, 11) is 1.76. The highest BCUT2D eigenvalue weighted by Crippen LogP contribution is 2.44. The molecule has 2 aliphatic rings. The van der Waals surface area contributed by atoms with Crippen LogP contribution in [0.1, 0.15) is 45.4 Å². The van der Waals surface area contributed by atoms with E-state index in [1.54, 1.807) is 7.11 Å². The molecule has 2 atom stereocenters. The summed E-state index contributed by atoms with van der Waals surface area (Å²) in [4.78, 5) is 0. The molecule has 0 radical (unpaired) electrons. The molecule has 0 aromatic carbocycles. The van der Waals surface area contributed by atoms with Crippen LogP contribution in [0.5, 0.6) is 0 Å². The van der Waals surface area contributed by atoms with Crippen molar-refractivity contribution in [3.63, 3.8) is 0 Å². The van der Waals surface area contributed by atoms with Crippen LogP contribution in [0.25, 0.3) is 0 Å². The van der Waals surface area contributed by atoms with Crippen LogP contribution in [0, 0.1) is 11.3 Å². The molecule has 3 nitrogen and oxygen atoms in total. The summed E-state index contributed by atoms with van der Waals surface area (Å²) in [6, 6.07) is 0. The molecule has 3 heteroatoms. The largest absolute Gasteiger partial charge is 0.383 e. The van der Waals surface area contributed by atoms with Crippen molar-refractivity contribution in [2.45, 2.75) is 51.6 Å². The third-order valence-electron chi connectivity index (χ3n) is 4.96. The van der Waals surface area contributed by atoms with Crippen molar-refractivity contribution in [2.24, 2.45) is 11.3 Å². The number of hydrogen-bond acceptors (Lipinski definition) is 3. The van der Waals surface area contributed by atoms with Crippen molar-refractivity contribution in [1.29, 1.82) is 0 Å². The Morgan fingerprint density at radius 2 is 2.11 bits per heavy atom. The number of ether oxygens (including phenoxy) is 2. The Kier molecular flexibility index (Phi) is 5.46. The maximum Gasteiger partial charge on any atom is 0.0616 e. The Bertz CT molecular complexity index is 241. The van der Waals surface area contributed by atoms with E-state index in [0.717, 1.165) is 32.2 Å². The van der Waals surface area contributed by atoms with Gasteiger partial charge in [0, 0.05) is 32.2 Å². The maximum absolute atomic E-state index is 5.86. The van der Waals surface area contributed by atoms with Crippen molar-refractivity contribution in [3.8, 4) is 0 Å². The molecule has 2 rings (SSSR count). The van der Waals surface area contributed by atoms with Gasteiger partial charge in [0.05, 0.1) is 12.7 Å². The van der Waals surface area contributed by atoms with Crippen LogP contribution in [0.4, 0.5) is 0 Å². The molecule has 2 fully saturated rings. The summed E-state index contributed by atoms with van der Waals surface area (Å²) in [5, 5.41) is 3.57. The molecular formula is C15H29NO2. The molecule has 1 N–H and O–H groups in total. The summed E-state index contributed by atoms with van der Waals surface area (Å²) < 4.78 is 11.0. The van der Waals surface area contributed by atoms with Crippen LogP contribution in [0.15, 0.2) is 0 Å². The second kappa shape index (κ2) is 6.88. The minimum absolute atomic E-state index is 0.378. The van der Waals surface area contributed by atoms with Gasteiger partial charge < -0.3 is 14.8 Å². The van der Waals surface area contributed by atoms with Crippen LogP contribution in [0.3, 0.4) is 0 Å². The van der Waals surface area contributed by atoms with E-state index in [9.17, 15) is 0 Å². The van der Waals surface area contributed by atoms with Crippen molar-refractivity contribution < 1.29 is 9.47 Å². The maximum atomic E-state index is 5.86. The molecule has 1 aliphatic heterocycles. The molecule has 1 saturated heterocycles. The SMILES string of the molecule is COCCNCC1(CC2CCCC2)CCOC1C. The van der Waals surface area contributed by atoms with E-state index in [4.69, 9.17) is 9.47 Å². The first kappa shape index (κ1) is 14.3. The van der Waals surface area contributed by atoms with E-state index in [1.165, 1.54) is 38.5 Å². The van der Waals surface area contributed by atoms with Gasteiger partial charge in [-0.2, -0.15) is 0 Å². The first-order valence-electron chi connectivity index (χ1n) is 7.58. The Morgan fingerprint density at radius 1 is 1.33 bits per heavy atom. The average Bonchev–Trinajstić information content (AvgIpc) is 2.97. The number of rotatable bonds is 7. The van der Waals surface area contributed by atoms with Crippen molar-refractivity contribution >= 4 is 0 Å². The Balaban J connectivity index is 1.86. The molecule has 0 amide bonds. The van der Waals surface area contributed by atoms with Gasteiger partial charge >= 0.3 is 0 Å². The van der Waals surface area contributed by atoms with E-state index >= 15 is 0 Å².